The molecule has 4 nitrogen and oxygen atoms in total. The van der Waals surface area contributed by atoms with E-state index in [4.69, 9.17) is 4.74 Å². The highest BCUT2D eigenvalue weighted by Gasteiger charge is 2.07. The Bertz CT molecular complexity index is 854. The molecule has 0 aliphatic heterocycles. The summed E-state index contributed by atoms with van der Waals surface area (Å²) in [5.74, 6) is -0.122. The molecule has 0 saturated heterocycles. The molecule has 25 heavy (non-hydrogen) atoms. The monoisotopic (exact) mass is 361 g/mol. The summed E-state index contributed by atoms with van der Waals surface area (Å²) in [7, 11) is 1.63. The molecule has 0 aliphatic carbocycles. The Balaban J connectivity index is 1.53. The Morgan fingerprint density at radius 2 is 1.96 bits per heavy atom. The third-order valence-electron chi connectivity index (χ3n) is 3.64. The Kier molecular flexibility index (Phi) is 5.55. The number of aromatic nitrogens is 2. The van der Waals surface area contributed by atoms with Crippen LogP contribution >= 0.6 is 11.5 Å². The van der Waals surface area contributed by atoms with Crippen LogP contribution in [0.2, 0.25) is 0 Å². The molecule has 1 aromatic heterocycles. The summed E-state index contributed by atoms with van der Waals surface area (Å²) in [5, 5.41) is 3.87. The van der Waals surface area contributed by atoms with Gasteiger partial charge in [0.1, 0.15) is 11.6 Å². The Morgan fingerprint density at radius 3 is 2.76 bits per heavy atom. The van der Waals surface area contributed by atoms with Gasteiger partial charge in [-0.1, -0.05) is 18.2 Å². The van der Waals surface area contributed by atoms with Gasteiger partial charge in [0.2, 0.25) is 5.13 Å². The number of benzene rings is 2. The van der Waals surface area contributed by atoms with Crippen LogP contribution < -0.4 is 10.1 Å². The van der Waals surface area contributed by atoms with Gasteiger partial charge in [0.15, 0.2) is 11.6 Å². The summed E-state index contributed by atoms with van der Waals surface area (Å²) >= 11 is 1.28. The van der Waals surface area contributed by atoms with Crippen LogP contribution in [0.3, 0.4) is 0 Å². The van der Waals surface area contributed by atoms with Gasteiger partial charge in [-0.05, 0) is 41.8 Å². The first-order chi connectivity index (χ1) is 12.1. The highest BCUT2D eigenvalue weighted by atomic mass is 32.1. The number of ether oxygens (including phenoxy) is 1. The fourth-order valence-corrected chi connectivity index (χ4v) is 2.98. The van der Waals surface area contributed by atoms with Crippen molar-refractivity contribution in [2.75, 3.05) is 19.0 Å². The summed E-state index contributed by atoms with van der Waals surface area (Å²) in [6.07, 6.45) is 1.19. The standard InChI is InChI=1S/C18H17F2N3OS/c1-24-14-4-2-3-13(9-14)11-17-22-18(25-23-17)21-8-7-12-5-6-15(19)16(20)10-12/h2-6,9-10H,7-8,11H2,1H3,(H,21,22,23). The van der Waals surface area contributed by atoms with Crippen LogP contribution in [0.4, 0.5) is 13.9 Å². The molecule has 2 aromatic carbocycles. The number of nitrogens with zero attached hydrogens (tertiary/aromatic N) is 2. The van der Waals surface area contributed by atoms with E-state index in [0.29, 0.717) is 24.5 Å². The van der Waals surface area contributed by atoms with Gasteiger partial charge in [0, 0.05) is 24.5 Å². The van der Waals surface area contributed by atoms with Crippen molar-refractivity contribution in [3.63, 3.8) is 0 Å². The van der Waals surface area contributed by atoms with Crippen LogP contribution in [-0.4, -0.2) is 23.0 Å². The highest BCUT2D eigenvalue weighted by molar-refractivity contribution is 7.09. The lowest BCUT2D eigenvalue weighted by atomic mass is 10.1. The number of hydrogen-bond acceptors (Lipinski definition) is 5. The molecule has 0 radical (unpaired) electrons. The fourth-order valence-electron chi connectivity index (χ4n) is 2.37. The molecule has 0 aliphatic rings. The number of hydrogen-bond donors (Lipinski definition) is 1. The number of halogens is 2. The molecule has 0 saturated carbocycles. The van der Waals surface area contributed by atoms with E-state index in [1.807, 2.05) is 24.3 Å². The van der Waals surface area contributed by atoms with Crippen molar-refractivity contribution in [2.24, 2.45) is 0 Å². The predicted molar refractivity (Wildman–Crippen MR) is 94.3 cm³/mol. The summed E-state index contributed by atoms with van der Waals surface area (Å²) in [6, 6.07) is 11.7. The number of nitrogens with one attached hydrogen (secondary N) is 1. The molecular weight excluding hydrogens is 344 g/mol. The molecule has 0 unspecified atom stereocenters. The smallest absolute Gasteiger partial charge is 0.202 e. The summed E-state index contributed by atoms with van der Waals surface area (Å²) in [4.78, 5) is 4.45. The van der Waals surface area contributed by atoms with Crippen molar-refractivity contribution in [2.45, 2.75) is 12.8 Å². The molecule has 7 heteroatoms. The van der Waals surface area contributed by atoms with Crippen molar-refractivity contribution in [1.29, 1.82) is 0 Å². The van der Waals surface area contributed by atoms with Crippen molar-refractivity contribution in [3.05, 3.63) is 71.1 Å². The van der Waals surface area contributed by atoms with E-state index >= 15 is 0 Å². The maximum absolute atomic E-state index is 13.2. The second kappa shape index (κ2) is 8.02. The van der Waals surface area contributed by atoms with Gasteiger partial charge in [0.25, 0.3) is 0 Å². The maximum atomic E-state index is 13.2. The van der Waals surface area contributed by atoms with Gasteiger partial charge in [-0.2, -0.15) is 4.37 Å². The zero-order valence-electron chi connectivity index (χ0n) is 13.6. The molecule has 0 spiro atoms. The van der Waals surface area contributed by atoms with Crippen molar-refractivity contribution < 1.29 is 13.5 Å². The minimum atomic E-state index is -0.831. The van der Waals surface area contributed by atoms with E-state index in [0.717, 1.165) is 28.8 Å². The van der Waals surface area contributed by atoms with Gasteiger partial charge in [0.05, 0.1) is 7.11 Å². The van der Waals surface area contributed by atoms with Crippen LogP contribution in [0.5, 0.6) is 5.75 Å². The first kappa shape index (κ1) is 17.3. The molecule has 1 heterocycles. The quantitative estimate of drug-likeness (QED) is 0.689. The summed E-state index contributed by atoms with van der Waals surface area (Å²) in [5.41, 5.74) is 1.80. The van der Waals surface area contributed by atoms with Crippen LogP contribution in [-0.2, 0) is 12.8 Å². The van der Waals surface area contributed by atoms with E-state index < -0.39 is 11.6 Å². The molecule has 1 N–H and O–H groups in total. The minimum Gasteiger partial charge on any atom is -0.497 e. The molecule has 0 atom stereocenters. The number of rotatable bonds is 7. The van der Waals surface area contributed by atoms with Crippen LogP contribution in [0.1, 0.15) is 17.0 Å². The molecule has 0 amide bonds. The molecule has 3 aromatic rings. The molecule has 0 bridgehead atoms. The average Bonchev–Trinajstić information content (AvgIpc) is 3.05. The van der Waals surface area contributed by atoms with E-state index in [1.165, 1.54) is 17.6 Å². The fraction of sp³-hybridized carbons (Fsp3) is 0.222. The minimum absolute atomic E-state index is 0.568. The normalized spacial score (nSPS) is 10.7. The average molecular weight is 361 g/mol. The molecular formula is C18H17F2N3OS. The first-order valence-corrected chi connectivity index (χ1v) is 8.54. The lowest BCUT2D eigenvalue weighted by molar-refractivity contribution is 0.414. The van der Waals surface area contributed by atoms with Gasteiger partial charge in [-0.15, -0.1) is 0 Å². The molecule has 0 fully saturated rings. The Labute approximate surface area is 148 Å². The topological polar surface area (TPSA) is 47.0 Å². The summed E-state index contributed by atoms with van der Waals surface area (Å²) < 4.78 is 35.6. The maximum Gasteiger partial charge on any atom is 0.202 e. The summed E-state index contributed by atoms with van der Waals surface area (Å²) in [6.45, 7) is 0.568. The SMILES string of the molecule is COc1cccc(Cc2nsc(NCCc3ccc(F)c(F)c3)n2)c1. The van der Waals surface area contributed by atoms with Crippen molar-refractivity contribution in [1.82, 2.24) is 9.36 Å². The zero-order chi connectivity index (χ0) is 17.6. The van der Waals surface area contributed by atoms with Crippen LogP contribution in [0.15, 0.2) is 42.5 Å². The van der Waals surface area contributed by atoms with Gasteiger partial charge >= 0.3 is 0 Å². The van der Waals surface area contributed by atoms with E-state index in [1.54, 1.807) is 13.2 Å². The first-order valence-electron chi connectivity index (χ1n) is 7.77. The van der Waals surface area contributed by atoms with E-state index in [9.17, 15) is 8.78 Å². The lowest BCUT2D eigenvalue weighted by Gasteiger charge is -2.03. The predicted octanol–water partition coefficient (Wildman–Crippen LogP) is 4.07. The van der Waals surface area contributed by atoms with Crippen molar-refractivity contribution >= 4 is 16.7 Å². The Morgan fingerprint density at radius 1 is 1.08 bits per heavy atom. The lowest BCUT2D eigenvalue weighted by Crippen LogP contribution is -2.05. The van der Waals surface area contributed by atoms with Crippen LogP contribution in [0.25, 0.3) is 0 Å². The van der Waals surface area contributed by atoms with E-state index in [2.05, 4.69) is 14.7 Å². The van der Waals surface area contributed by atoms with Crippen LogP contribution in [0, 0.1) is 11.6 Å². The second-order valence-corrected chi connectivity index (χ2v) is 6.22. The number of anilines is 1. The van der Waals surface area contributed by atoms with E-state index in [-0.39, 0.29) is 0 Å². The third-order valence-corrected chi connectivity index (χ3v) is 4.35. The third kappa shape index (κ3) is 4.73. The number of methoxy groups -OCH3 is 1. The van der Waals surface area contributed by atoms with Gasteiger partial charge in [-0.25, -0.2) is 13.8 Å². The largest absolute Gasteiger partial charge is 0.497 e. The molecule has 130 valence electrons. The van der Waals surface area contributed by atoms with Gasteiger partial charge < -0.3 is 10.1 Å². The van der Waals surface area contributed by atoms with Gasteiger partial charge in [-0.3, -0.25) is 0 Å². The zero-order valence-corrected chi connectivity index (χ0v) is 14.4. The Hall–Kier alpha value is -2.54. The second-order valence-electron chi connectivity index (χ2n) is 5.47. The highest BCUT2D eigenvalue weighted by Crippen LogP contribution is 2.18. The molecule has 3 rings (SSSR count). The van der Waals surface area contributed by atoms with Crippen molar-refractivity contribution in [3.8, 4) is 5.75 Å².